The second-order valence-corrected chi connectivity index (χ2v) is 19.0. The third-order valence-electron chi connectivity index (χ3n) is 13.1. The second-order valence-electron chi connectivity index (χ2n) is 19.0. The monoisotopic (exact) mass is 900 g/mol. The molecule has 1 heterocycles. The highest BCUT2D eigenvalue weighted by Crippen LogP contribution is 2.23. The van der Waals surface area contributed by atoms with Crippen molar-refractivity contribution in [1.82, 2.24) is 5.32 Å². The Morgan fingerprint density at radius 1 is 0.540 bits per heavy atom. The number of aliphatic hydroxyl groups is 7. The van der Waals surface area contributed by atoms with Crippen LogP contribution < -0.4 is 5.32 Å². The summed E-state index contributed by atoms with van der Waals surface area (Å²) in [7, 11) is 0. The van der Waals surface area contributed by atoms with Crippen LogP contribution in [-0.2, 0) is 14.3 Å². The maximum Gasteiger partial charge on any atom is 0.249 e. The van der Waals surface area contributed by atoms with Crippen LogP contribution in [0.4, 0.5) is 0 Å². The Kier molecular flexibility index (Phi) is 40.1. The summed E-state index contributed by atoms with van der Waals surface area (Å²) in [5, 5.41) is 75.6. The van der Waals surface area contributed by atoms with Crippen molar-refractivity contribution in [3.8, 4) is 0 Å². The molecule has 11 heteroatoms. The molecule has 11 nitrogen and oxygen atoms in total. The van der Waals surface area contributed by atoms with Crippen molar-refractivity contribution in [2.24, 2.45) is 0 Å². The Balaban J connectivity index is 2.22. The van der Waals surface area contributed by atoms with Crippen LogP contribution in [0.3, 0.4) is 0 Å². The Hall–Kier alpha value is -1.15. The Bertz CT molecular complexity index is 1030. The average molecular weight is 900 g/mol. The van der Waals surface area contributed by atoms with Gasteiger partial charge in [-0.3, -0.25) is 4.79 Å². The van der Waals surface area contributed by atoms with E-state index in [9.17, 15) is 40.5 Å². The van der Waals surface area contributed by atoms with Gasteiger partial charge < -0.3 is 50.5 Å². The predicted molar refractivity (Wildman–Crippen MR) is 256 cm³/mol. The number of nitrogens with one attached hydrogen (secondary N) is 1. The van der Waals surface area contributed by atoms with Crippen molar-refractivity contribution in [2.45, 2.75) is 300 Å². The van der Waals surface area contributed by atoms with Gasteiger partial charge in [-0.15, -0.1) is 0 Å². The lowest BCUT2D eigenvalue weighted by atomic mass is 9.98. The number of carbonyl (C=O) groups is 1. The van der Waals surface area contributed by atoms with Crippen LogP contribution in [0, 0.1) is 0 Å². The zero-order valence-corrected chi connectivity index (χ0v) is 40.6. The van der Waals surface area contributed by atoms with Crippen molar-refractivity contribution in [2.75, 3.05) is 13.2 Å². The van der Waals surface area contributed by atoms with Gasteiger partial charge in [0, 0.05) is 0 Å². The molecule has 0 aliphatic carbocycles. The summed E-state index contributed by atoms with van der Waals surface area (Å²) in [6.07, 6.45) is 35.9. The van der Waals surface area contributed by atoms with Crippen molar-refractivity contribution in [3.63, 3.8) is 0 Å². The van der Waals surface area contributed by atoms with Crippen LogP contribution >= 0.6 is 0 Å². The fourth-order valence-electron chi connectivity index (χ4n) is 8.68. The predicted octanol–water partition coefficient (Wildman–Crippen LogP) is 10.0. The van der Waals surface area contributed by atoms with Crippen molar-refractivity contribution >= 4 is 5.91 Å². The van der Waals surface area contributed by atoms with Gasteiger partial charge in [-0.2, -0.15) is 0 Å². The molecule has 9 atom stereocenters. The van der Waals surface area contributed by atoms with E-state index < -0.39 is 74.2 Å². The smallest absolute Gasteiger partial charge is 0.249 e. The normalized spacial score (nSPS) is 21.2. The molecule has 0 aromatic rings. The van der Waals surface area contributed by atoms with E-state index in [-0.39, 0.29) is 12.8 Å². The fraction of sp³-hybridized carbons (Fsp3) is 0.942. The first-order valence-electron chi connectivity index (χ1n) is 26.6. The van der Waals surface area contributed by atoms with Crippen LogP contribution in [-0.4, -0.2) is 110 Å². The molecule has 0 radical (unpaired) electrons. The molecule has 1 amide bonds. The molecule has 1 saturated heterocycles. The molecule has 1 fully saturated rings. The van der Waals surface area contributed by atoms with E-state index in [1.165, 1.54) is 167 Å². The van der Waals surface area contributed by atoms with Crippen molar-refractivity contribution < 1.29 is 50.0 Å². The summed E-state index contributed by atoms with van der Waals surface area (Å²) in [6.45, 7) is 3.40. The maximum absolute atomic E-state index is 13.1. The molecule has 8 N–H and O–H groups in total. The molecule has 1 rings (SSSR count). The molecule has 374 valence electrons. The highest BCUT2D eigenvalue weighted by Gasteiger charge is 2.44. The third-order valence-corrected chi connectivity index (χ3v) is 13.1. The molecule has 0 spiro atoms. The summed E-state index contributed by atoms with van der Waals surface area (Å²) < 4.78 is 11.1. The first-order chi connectivity index (χ1) is 30.7. The number of hydrogen-bond donors (Lipinski definition) is 8. The molecule has 1 aliphatic rings. The molecule has 1 aliphatic heterocycles. The van der Waals surface area contributed by atoms with E-state index in [4.69, 9.17) is 9.47 Å². The molecule has 0 bridgehead atoms. The minimum atomic E-state index is -1.66. The number of rotatable bonds is 45. The molecular weight excluding hydrogens is 799 g/mol. The number of allylic oxidation sites excluding steroid dienone is 2. The Morgan fingerprint density at radius 3 is 1.37 bits per heavy atom. The van der Waals surface area contributed by atoms with Gasteiger partial charge in [0.1, 0.15) is 36.6 Å². The van der Waals surface area contributed by atoms with Gasteiger partial charge in [0.2, 0.25) is 5.91 Å². The largest absolute Gasteiger partial charge is 0.394 e. The molecule has 63 heavy (non-hydrogen) atoms. The van der Waals surface area contributed by atoms with Crippen LogP contribution in [0.15, 0.2) is 12.2 Å². The number of unbranched alkanes of at least 4 members (excludes halogenated alkanes) is 31. The van der Waals surface area contributed by atoms with E-state index in [0.29, 0.717) is 12.8 Å². The summed E-state index contributed by atoms with van der Waals surface area (Å²) in [4.78, 5) is 13.1. The topological polar surface area (TPSA) is 189 Å². The maximum atomic E-state index is 13.1. The minimum Gasteiger partial charge on any atom is -0.394 e. The van der Waals surface area contributed by atoms with E-state index in [0.717, 1.165) is 38.5 Å². The van der Waals surface area contributed by atoms with Crippen molar-refractivity contribution in [3.05, 3.63) is 12.2 Å². The number of aliphatic hydroxyl groups excluding tert-OH is 7. The standard InChI is InChI=1S/C52H101NO10/c1-3-5-7-9-11-13-14-15-16-17-18-19-20-21-22-23-24-25-26-27-28-29-30-32-34-36-38-40-45(56)51(61)53-43(42-62-52-50(60)49(59)48(58)46(41-54)63-52)47(57)44(55)39-37-35-33-31-12-10-8-6-4-2/h31,33,43-50,52,54-60H,3-30,32,34-42H2,1-2H3,(H,53,61)/b33-31+. The number of ether oxygens (including phenoxy) is 2. The highest BCUT2D eigenvalue weighted by atomic mass is 16.7. The third kappa shape index (κ3) is 31.5. The summed E-state index contributed by atoms with van der Waals surface area (Å²) in [6, 6.07) is -1.18. The Morgan fingerprint density at radius 2 is 0.937 bits per heavy atom. The van der Waals surface area contributed by atoms with Crippen LogP contribution in [0.5, 0.6) is 0 Å². The van der Waals surface area contributed by atoms with E-state index >= 15 is 0 Å². The van der Waals surface area contributed by atoms with Gasteiger partial charge >= 0.3 is 0 Å². The van der Waals surface area contributed by atoms with Gasteiger partial charge in [-0.25, -0.2) is 0 Å². The number of amides is 1. The SMILES string of the molecule is CCCCCC/C=C/CCCC(O)C(O)C(COC1OC(CO)C(O)C(O)C1O)NC(=O)C(O)CCCCCCCCCCCCCCCCCCCCCCCCCCCCC. The zero-order valence-electron chi connectivity index (χ0n) is 40.6. The fourth-order valence-corrected chi connectivity index (χ4v) is 8.68. The lowest BCUT2D eigenvalue weighted by molar-refractivity contribution is -0.303. The molecule has 0 aromatic carbocycles. The van der Waals surface area contributed by atoms with Crippen LogP contribution in [0.2, 0.25) is 0 Å². The van der Waals surface area contributed by atoms with E-state index in [2.05, 4.69) is 31.3 Å². The zero-order chi connectivity index (χ0) is 46.2. The van der Waals surface area contributed by atoms with Gasteiger partial charge in [0.25, 0.3) is 0 Å². The molecule has 9 unspecified atom stereocenters. The first kappa shape index (κ1) is 59.9. The summed E-state index contributed by atoms with van der Waals surface area (Å²) in [5.74, 6) is -0.704. The van der Waals surface area contributed by atoms with E-state index in [1.54, 1.807) is 0 Å². The highest BCUT2D eigenvalue weighted by molar-refractivity contribution is 5.80. The van der Waals surface area contributed by atoms with Crippen LogP contribution in [0.1, 0.15) is 245 Å². The Labute approximate surface area is 385 Å². The molecule has 0 aromatic heterocycles. The summed E-state index contributed by atoms with van der Waals surface area (Å²) in [5.41, 5.74) is 0. The van der Waals surface area contributed by atoms with Crippen molar-refractivity contribution in [1.29, 1.82) is 0 Å². The first-order valence-corrected chi connectivity index (χ1v) is 26.6. The van der Waals surface area contributed by atoms with Gasteiger partial charge in [-0.05, 0) is 38.5 Å². The van der Waals surface area contributed by atoms with Gasteiger partial charge in [0.15, 0.2) is 6.29 Å². The lowest BCUT2D eigenvalue weighted by Crippen LogP contribution is -2.60. The van der Waals surface area contributed by atoms with E-state index in [1.807, 2.05) is 0 Å². The second kappa shape index (κ2) is 42.2. The molecule has 0 saturated carbocycles. The summed E-state index contributed by atoms with van der Waals surface area (Å²) >= 11 is 0. The number of hydrogen-bond acceptors (Lipinski definition) is 10. The average Bonchev–Trinajstić information content (AvgIpc) is 3.28. The lowest BCUT2D eigenvalue weighted by Gasteiger charge is -2.40. The van der Waals surface area contributed by atoms with Crippen LogP contribution in [0.25, 0.3) is 0 Å². The van der Waals surface area contributed by atoms with Gasteiger partial charge in [0.05, 0.1) is 25.4 Å². The van der Waals surface area contributed by atoms with Gasteiger partial charge in [-0.1, -0.05) is 219 Å². The number of carbonyl (C=O) groups excluding carboxylic acids is 1. The minimum absolute atomic E-state index is 0.259. The molecular formula is C52H101NO10. The quantitative estimate of drug-likeness (QED) is 0.0216.